The van der Waals surface area contributed by atoms with Crippen molar-refractivity contribution < 1.29 is 19.1 Å². The summed E-state index contributed by atoms with van der Waals surface area (Å²) in [5.74, 6) is -2.77. The molecule has 3 N–H and O–H groups in total. The number of carboxylic acids is 1. The number of thioether (sulfide) groups is 1. The van der Waals surface area contributed by atoms with Crippen LogP contribution in [0.4, 0.5) is 4.39 Å². The van der Waals surface area contributed by atoms with E-state index in [1.54, 1.807) is 0 Å². The smallest absolute Gasteiger partial charge is 0.355 e. The molecular weight excluding hydrogens is 211 g/mol. The molecule has 2 aliphatic heterocycles. The Balaban J connectivity index is 2.37. The Labute approximate surface area is 82.7 Å². The van der Waals surface area contributed by atoms with Gasteiger partial charge in [-0.05, 0) is 0 Å². The van der Waals surface area contributed by atoms with Gasteiger partial charge in [0, 0.05) is 5.75 Å². The zero-order valence-corrected chi connectivity index (χ0v) is 7.75. The van der Waals surface area contributed by atoms with Crippen LogP contribution in [0.25, 0.3) is 0 Å². The summed E-state index contributed by atoms with van der Waals surface area (Å²) >= 11 is 1.14. The number of halogens is 1. The van der Waals surface area contributed by atoms with Crippen LogP contribution in [-0.4, -0.2) is 39.1 Å². The lowest BCUT2D eigenvalue weighted by Crippen LogP contribution is -2.68. The monoisotopic (exact) mass is 218 g/mol. The molecule has 2 aliphatic rings. The number of hydrogen-bond donors (Lipinski definition) is 2. The van der Waals surface area contributed by atoms with Crippen LogP contribution in [0.3, 0.4) is 0 Å². The number of fused-ring (bicyclic) bond motifs is 1. The number of nitrogens with zero attached hydrogens (tertiary/aromatic N) is 1. The Morgan fingerprint density at radius 3 is 2.93 bits per heavy atom. The molecule has 1 amide bonds. The van der Waals surface area contributed by atoms with Crippen molar-refractivity contribution in [2.45, 2.75) is 11.4 Å². The minimum Gasteiger partial charge on any atom is -0.476 e. The molecule has 0 aliphatic carbocycles. The van der Waals surface area contributed by atoms with Gasteiger partial charge < -0.3 is 10.8 Å². The number of β-lactam (4-membered cyclic amide) rings is 1. The molecule has 0 aromatic rings. The van der Waals surface area contributed by atoms with Gasteiger partial charge in [0.05, 0.1) is 0 Å². The van der Waals surface area contributed by atoms with Crippen LogP contribution in [0.15, 0.2) is 11.5 Å². The van der Waals surface area contributed by atoms with Crippen LogP contribution >= 0.6 is 11.8 Å². The molecule has 0 spiro atoms. The molecule has 1 saturated heterocycles. The summed E-state index contributed by atoms with van der Waals surface area (Å²) in [5, 5.41) is 8.27. The predicted octanol–water partition coefficient (Wildman–Crippen LogP) is -0.505. The predicted molar refractivity (Wildman–Crippen MR) is 46.8 cm³/mol. The molecule has 0 aromatic heterocycles. The summed E-state index contributed by atoms with van der Waals surface area (Å²) in [6.07, 6.45) is 0. The largest absolute Gasteiger partial charge is 0.476 e. The molecule has 2 atom stereocenters. The number of carbonyl (C=O) groups excluding carboxylic acids is 1. The van der Waals surface area contributed by atoms with Gasteiger partial charge in [0.25, 0.3) is 0 Å². The first kappa shape index (κ1) is 9.47. The maximum Gasteiger partial charge on any atom is 0.355 e. The van der Waals surface area contributed by atoms with Crippen LogP contribution in [0, 0.1) is 0 Å². The Morgan fingerprint density at radius 1 is 1.71 bits per heavy atom. The number of nitrogens with two attached hydrogens (primary N) is 1. The highest BCUT2D eigenvalue weighted by molar-refractivity contribution is 8.00. The summed E-state index contributed by atoms with van der Waals surface area (Å²) in [5.41, 5.74) is 4.88. The minimum absolute atomic E-state index is 0.0379. The molecule has 0 radical (unpaired) electrons. The third-order valence-corrected chi connectivity index (χ3v) is 3.43. The molecule has 0 aromatic carbocycles. The van der Waals surface area contributed by atoms with Crippen LogP contribution in [0.2, 0.25) is 0 Å². The van der Waals surface area contributed by atoms with Crippen molar-refractivity contribution in [1.29, 1.82) is 0 Å². The van der Waals surface area contributed by atoms with Crippen molar-refractivity contribution in [3.63, 3.8) is 0 Å². The molecule has 76 valence electrons. The summed E-state index contributed by atoms with van der Waals surface area (Å²) in [7, 11) is 0. The van der Waals surface area contributed by atoms with Crippen LogP contribution in [0.1, 0.15) is 0 Å². The zero-order valence-electron chi connectivity index (χ0n) is 6.94. The second-order valence-electron chi connectivity index (χ2n) is 2.99. The van der Waals surface area contributed by atoms with E-state index in [0.29, 0.717) is 0 Å². The molecule has 0 saturated carbocycles. The highest BCUT2D eigenvalue weighted by Crippen LogP contribution is 2.39. The maximum absolute atomic E-state index is 13.1. The molecule has 2 heterocycles. The summed E-state index contributed by atoms with van der Waals surface area (Å²) < 4.78 is 13.1. The third kappa shape index (κ3) is 1.05. The molecule has 14 heavy (non-hydrogen) atoms. The van der Waals surface area contributed by atoms with Crippen molar-refractivity contribution >= 4 is 23.6 Å². The van der Waals surface area contributed by atoms with E-state index in [1.165, 1.54) is 0 Å². The number of carbonyl (C=O) groups is 2. The minimum atomic E-state index is -1.42. The van der Waals surface area contributed by atoms with Gasteiger partial charge in [-0.3, -0.25) is 9.69 Å². The number of rotatable bonds is 1. The average Bonchev–Trinajstić information content (AvgIpc) is 2.15. The summed E-state index contributed by atoms with van der Waals surface area (Å²) in [6.45, 7) is 0. The first-order valence-corrected chi connectivity index (χ1v) is 4.91. The Hall–Kier alpha value is -1.08. The maximum atomic E-state index is 13.1. The Kier molecular flexibility index (Phi) is 2.00. The van der Waals surface area contributed by atoms with Gasteiger partial charge in [-0.25, -0.2) is 9.18 Å². The lowest BCUT2D eigenvalue weighted by atomic mass is 10.1. The van der Waals surface area contributed by atoms with Crippen molar-refractivity contribution in [3.05, 3.63) is 11.5 Å². The van der Waals surface area contributed by atoms with E-state index in [4.69, 9.17) is 10.8 Å². The number of carboxylic acid groups (broad SMARTS) is 1. The van der Waals surface area contributed by atoms with E-state index >= 15 is 0 Å². The molecule has 0 bridgehead atoms. The number of aliphatic carboxylic acids is 1. The van der Waals surface area contributed by atoms with Crippen molar-refractivity contribution in [2.75, 3.05) is 5.75 Å². The second kappa shape index (κ2) is 2.96. The van der Waals surface area contributed by atoms with E-state index in [-0.39, 0.29) is 5.75 Å². The van der Waals surface area contributed by atoms with E-state index in [9.17, 15) is 14.0 Å². The highest BCUT2D eigenvalue weighted by atomic mass is 32.2. The summed E-state index contributed by atoms with van der Waals surface area (Å²) in [4.78, 5) is 22.8. The van der Waals surface area contributed by atoms with Crippen LogP contribution in [0.5, 0.6) is 0 Å². The van der Waals surface area contributed by atoms with Gasteiger partial charge >= 0.3 is 5.97 Å². The van der Waals surface area contributed by atoms with Crippen molar-refractivity contribution in [3.8, 4) is 0 Å². The lowest BCUT2D eigenvalue weighted by molar-refractivity contribution is -0.148. The lowest BCUT2D eigenvalue weighted by Gasteiger charge is -2.46. The van der Waals surface area contributed by atoms with E-state index in [1.807, 2.05) is 0 Å². The fourth-order valence-corrected chi connectivity index (χ4v) is 2.61. The average molecular weight is 218 g/mol. The first-order valence-electron chi connectivity index (χ1n) is 3.86. The van der Waals surface area contributed by atoms with E-state index in [0.717, 1.165) is 16.7 Å². The Bertz CT molecular complexity index is 357. The standard InChI is InChI=1S/C7H7FN2O3S/c8-2-1-14-6-3(9)5(11)10(6)4(2)7(12)13/h3,6H,1,9H2,(H,12,13)/t3?,6-/m0/s1. The first-order chi connectivity index (χ1) is 6.54. The second-order valence-corrected chi connectivity index (χ2v) is 4.10. The molecule has 2 rings (SSSR count). The van der Waals surface area contributed by atoms with Gasteiger partial charge in [0.1, 0.15) is 17.2 Å². The van der Waals surface area contributed by atoms with Crippen molar-refractivity contribution in [1.82, 2.24) is 4.90 Å². The molecule has 7 heteroatoms. The molecule has 1 unspecified atom stereocenters. The molecular formula is C7H7FN2O3S. The van der Waals surface area contributed by atoms with Gasteiger partial charge in [-0.15, -0.1) is 11.8 Å². The Morgan fingerprint density at radius 2 is 2.36 bits per heavy atom. The van der Waals surface area contributed by atoms with E-state index in [2.05, 4.69) is 0 Å². The topological polar surface area (TPSA) is 83.6 Å². The molecule has 5 nitrogen and oxygen atoms in total. The normalized spacial score (nSPS) is 31.3. The number of amides is 1. The zero-order chi connectivity index (χ0) is 10.5. The van der Waals surface area contributed by atoms with Crippen LogP contribution in [-0.2, 0) is 9.59 Å². The van der Waals surface area contributed by atoms with Crippen LogP contribution < -0.4 is 5.73 Å². The quantitative estimate of drug-likeness (QED) is 0.579. The SMILES string of the molecule is NC1C(=O)N2C(C(=O)O)=C(F)CS[C@@H]12. The fourth-order valence-electron chi connectivity index (χ4n) is 1.48. The van der Waals surface area contributed by atoms with E-state index < -0.39 is 34.8 Å². The molecule has 1 fully saturated rings. The third-order valence-electron chi connectivity index (χ3n) is 2.17. The van der Waals surface area contributed by atoms with Gasteiger partial charge in [0.2, 0.25) is 5.91 Å². The number of hydrogen-bond acceptors (Lipinski definition) is 4. The highest BCUT2D eigenvalue weighted by Gasteiger charge is 2.52. The van der Waals surface area contributed by atoms with Crippen molar-refractivity contribution in [2.24, 2.45) is 5.73 Å². The fraction of sp³-hybridized carbons (Fsp3) is 0.429. The van der Waals surface area contributed by atoms with Gasteiger partial charge in [-0.1, -0.05) is 0 Å². The van der Waals surface area contributed by atoms with Gasteiger partial charge in [0.15, 0.2) is 5.70 Å². The summed E-state index contributed by atoms with van der Waals surface area (Å²) in [6, 6.07) is -0.706. The van der Waals surface area contributed by atoms with Gasteiger partial charge in [-0.2, -0.15) is 0 Å².